The zero-order valence-electron chi connectivity index (χ0n) is 8.39. The van der Waals surface area contributed by atoms with Crippen molar-refractivity contribution in [3.63, 3.8) is 0 Å². The van der Waals surface area contributed by atoms with Gasteiger partial charge in [0.15, 0.2) is 0 Å². The first-order chi connectivity index (χ1) is 5.49. The van der Waals surface area contributed by atoms with E-state index in [1.165, 1.54) is 26.1 Å². The maximum atomic E-state index is 5.56. The van der Waals surface area contributed by atoms with Gasteiger partial charge < -0.3 is 4.74 Å². The van der Waals surface area contributed by atoms with Crippen LogP contribution in [-0.4, -0.2) is 36.7 Å². The van der Waals surface area contributed by atoms with Gasteiger partial charge in [0.1, 0.15) is 0 Å². The summed E-state index contributed by atoms with van der Waals surface area (Å²) in [6.45, 7) is 11.4. The molecule has 2 fully saturated rings. The Morgan fingerprint density at radius 3 is 2.25 bits per heavy atom. The summed E-state index contributed by atoms with van der Waals surface area (Å²) >= 11 is 0. The van der Waals surface area contributed by atoms with Gasteiger partial charge in [-0.3, -0.25) is 4.90 Å². The zero-order chi connectivity index (χ0) is 8.82. The minimum Gasteiger partial charge on any atom is -0.372 e. The maximum Gasteiger partial charge on any atom is 0.0956 e. The summed E-state index contributed by atoms with van der Waals surface area (Å²) in [5.41, 5.74) is 0.747. The predicted octanol–water partition coefficient (Wildman–Crippen LogP) is 1.51. The van der Waals surface area contributed by atoms with Crippen molar-refractivity contribution in [1.82, 2.24) is 4.90 Å². The van der Waals surface area contributed by atoms with Crippen LogP contribution >= 0.6 is 0 Å². The van der Waals surface area contributed by atoms with Crippen molar-refractivity contribution in [2.75, 3.05) is 26.2 Å². The van der Waals surface area contributed by atoms with Gasteiger partial charge in [0, 0.05) is 26.1 Å². The molecule has 0 aromatic carbocycles. The van der Waals surface area contributed by atoms with Gasteiger partial charge in [-0.2, -0.15) is 0 Å². The summed E-state index contributed by atoms with van der Waals surface area (Å²) < 4.78 is 5.56. The maximum absolute atomic E-state index is 5.56. The Bertz CT molecular complexity index is 171. The number of rotatable bonds is 1. The fourth-order valence-corrected chi connectivity index (χ4v) is 2.19. The molecular weight excluding hydrogens is 150 g/mol. The monoisotopic (exact) mass is 169 g/mol. The number of nitrogens with zero attached hydrogens (tertiary/aromatic N) is 1. The third-order valence-corrected chi connectivity index (χ3v) is 2.69. The normalized spacial score (nSPS) is 28.2. The molecule has 12 heavy (non-hydrogen) atoms. The van der Waals surface area contributed by atoms with Crippen LogP contribution in [0.15, 0.2) is 0 Å². The molecule has 0 radical (unpaired) electrons. The average molecular weight is 169 g/mol. The molecule has 2 nitrogen and oxygen atoms in total. The Hall–Kier alpha value is -0.0800. The van der Waals surface area contributed by atoms with E-state index in [9.17, 15) is 0 Å². The van der Waals surface area contributed by atoms with E-state index in [4.69, 9.17) is 4.74 Å². The summed E-state index contributed by atoms with van der Waals surface area (Å²) in [5.74, 6) is 0. The van der Waals surface area contributed by atoms with E-state index in [-0.39, 0.29) is 0 Å². The predicted molar refractivity (Wildman–Crippen MR) is 49.2 cm³/mol. The van der Waals surface area contributed by atoms with Gasteiger partial charge >= 0.3 is 0 Å². The summed E-state index contributed by atoms with van der Waals surface area (Å²) in [6, 6.07) is 0. The lowest BCUT2D eigenvalue weighted by molar-refractivity contribution is -0.224. The third kappa shape index (κ3) is 1.50. The SMILES string of the molecule is CC(C)(C)CN1CC2(CCO2)C1. The highest BCUT2D eigenvalue weighted by Crippen LogP contribution is 2.37. The fraction of sp³-hybridized carbons (Fsp3) is 1.00. The molecule has 0 aromatic heterocycles. The van der Waals surface area contributed by atoms with Crippen LogP contribution in [0, 0.1) is 5.41 Å². The van der Waals surface area contributed by atoms with E-state index in [0.29, 0.717) is 11.0 Å². The van der Waals surface area contributed by atoms with Gasteiger partial charge in [0.25, 0.3) is 0 Å². The fourth-order valence-electron chi connectivity index (χ4n) is 2.19. The van der Waals surface area contributed by atoms with Gasteiger partial charge in [-0.25, -0.2) is 0 Å². The molecule has 2 aliphatic heterocycles. The molecule has 0 bridgehead atoms. The van der Waals surface area contributed by atoms with E-state index in [1.807, 2.05) is 0 Å². The van der Waals surface area contributed by atoms with Gasteiger partial charge in [-0.05, 0) is 5.41 Å². The third-order valence-electron chi connectivity index (χ3n) is 2.69. The van der Waals surface area contributed by atoms with Crippen LogP contribution in [0.5, 0.6) is 0 Å². The van der Waals surface area contributed by atoms with E-state index in [1.54, 1.807) is 0 Å². The minimum atomic E-state index is 0.311. The Morgan fingerprint density at radius 1 is 1.33 bits per heavy atom. The highest BCUT2D eigenvalue weighted by atomic mass is 16.5. The quantitative estimate of drug-likeness (QED) is 0.590. The van der Waals surface area contributed by atoms with Gasteiger partial charge in [0.2, 0.25) is 0 Å². The number of hydrogen-bond acceptors (Lipinski definition) is 2. The van der Waals surface area contributed by atoms with Crippen molar-refractivity contribution in [3.05, 3.63) is 0 Å². The van der Waals surface area contributed by atoms with Crippen molar-refractivity contribution >= 4 is 0 Å². The molecule has 0 atom stereocenters. The summed E-state index contributed by atoms with van der Waals surface area (Å²) in [4.78, 5) is 2.50. The Labute approximate surface area is 74.9 Å². The summed E-state index contributed by atoms with van der Waals surface area (Å²) in [6.07, 6.45) is 1.29. The standard InChI is InChI=1S/C10H19NO/c1-9(2,3)6-11-7-10(8-11)4-5-12-10/h4-8H2,1-3H3. The molecule has 2 rings (SSSR count). The smallest absolute Gasteiger partial charge is 0.0956 e. The minimum absolute atomic E-state index is 0.311. The van der Waals surface area contributed by atoms with Crippen LogP contribution < -0.4 is 0 Å². The number of ether oxygens (including phenoxy) is 1. The molecule has 0 amide bonds. The van der Waals surface area contributed by atoms with Crippen LogP contribution in [0.25, 0.3) is 0 Å². The molecule has 0 aliphatic carbocycles. The second-order valence-corrected chi connectivity index (χ2v) is 5.49. The van der Waals surface area contributed by atoms with Crippen molar-refractivity contribution in [2.24, 2.45) is 5.41 Å². The van der Waals surface area contributed by atoms with Crippen molar-refractivity contribution < 1.29 is 4.74 Å². The molecule has 0 aromatic rings. The molecule has 2 aliphatic rings. The molecule has 0 unspecified atom stereocenters. The van der Waals surface area contributed by atoms with Crippen LogP contribution in [0.2, 0.25) is 0 Å². The van der Waals surface area contributed by atoms with Crippen LogP contribution in [0.3, 0.4) is 0 Å². The second kappa shape index (κ2) is 2.46. The Kier molecular flexibility index (Phi) is 1.74. The van der Waals surface area contributed by atoms with E-state index in [0.717, 1.165) is 6.61 Å². The van der Waals surface area contributed by atoms with Gasteiger partial charge in [0.05, 0.1) is 12.2 Å². The average Bonchev–Trinajstić information content (AvgIpc) is 1.69. The molecule has 2 heterocycles. The van der Waals surface area contributed by atoms with Crippen LogP contribution in [-0.2, 0) is 4.74 Å². The van der Waals surface area contributed by atoms with Gasteiger partial charge in [-0.15, -0.1) is 0 Å². The molecule has 1 spiro atoms. The Balaban J connectivity index is 1.74. The van der Waals surface area contributed by atoms with Gasteiger partial charge in [-0.1, -0.05) is 20.8 Å². The molecule has 70 valence electrons. The van der Waals surface area contributed by atoms with E-state index >= 15 is 0 Å². The Morgan fingerprint density at radius 2 is 1.92 bits per heavy atom. The topological polar surface area (TPSA) is 12.5 Å². The van der Waals surface area contributed by atoms with Crippen LogP contribution in [0.4, 0.5) is 0 Å². The lowest BCUT2D eigenvalue weighted by Gasteiger charge is -2.56. The van der Waals surface area contributed by atoms with E-state index < -0.39 is 0 Å². The number of hydrogen-bond donors (Lipinski definition) is 0. The highest BCUT2D eigenvalue weighted by molar-refractivity contribution is 5.02. The second-order valence-electron chi connectivity index (χ2n) is 5.49. The number of likely N-dealkylation sites (tertiary alicyclic amines) is 1. The molecule has 2 heteroatoms. The van der Waals surface area contributed by atoms with E-state index in [2.05, 4.69) is 25.7 Å². The summed E-state index contributed by atoms with van der Waals surface area (Å²) in [7, 11) is 0. The first kappa shape index (κ1) is 8.52. The lowest BCUT2D eigenvalue weighted by atomic mass is 9.84. The molecule has 2 saturated heterocycles. The highest BCUT2D eigenvalue weighted by Gasteiger charge is 2.49. The molecular formula is C10H19NO. The van der Waals surface area contributed by atoms with Crippen molar-refractivity contribution in [2.45, 2.75) is 32.8 Å². The molecule has 0 saturated carbocycles. The molecule has 0 N–H and O–H groups in total. The summed E-state index contributed by atoms with van der Waals surface area (Å²) in [5, 5.41) is 0. The first-order valence-electron chi connectivity index (χ1n) is 4.86. The van der Waals surface area contributed by atoms with Crippen molar-refractivity contribution in [3.8, 4) is 0 Å². The zero-order valence-corrected chi connectivity index (χ0v) is 8.39. The lowest BCUT2D eigenvalue weighted by Crippen LogP contribution is -2.68. The van der Waals surface area contributed by atoms with Crippen LogP contribution in [0.1, 0.15) is 27.2 Å². The van der Waals surface area contributed by atoms with Crippen molar-refractivity contribution in [1.29, 1.82) is 0 Å². The largest absolute Gasteiger partial charge is 0.372 e. The first-order valence-corrected chi connectivity index (χ1v) is 4.86.